The lowest BCUT2D eigenvalue weighted by Gasteiger charge is -2.41. The molecular weight excluding hydrogens is 212 g/mol. The number of fused-ring (bicyclic) bond motifs is 2. The van der Waals surface area contributed by atoms with Gasteiger partial charge in [-0.15, -0.1) is 0 Å². The van der Waals surface area contributed by atoms with Crippen molar-refractivity contribution < 1.29 is 8.42 Å². The fourth-order valence-electron chi connectivity index (χ4n) is 2.56. The third-order valence-corrected chi connectivity index (χ3v) is 5.62. The van der Waals surface area contributed by atoms with Crippen LogP contribution in [-0.4, -0.2) is 44.2 Å². The van der Waals surface area contributed by atoms with Gasteiger partial charge in [-0.2, -0.15) is 0 Å². The van der Waals surface area contributed by atoms with Crippen molar-refractivity contribution in [2.45, 2.75) is 25.5 Å². The van der Waals surface area contributed by atoms with Crippen molar-refractivity contribution in [1.82, 2.24) is 9.62 Å². The van der Waals surface area contributed by atoms with Crippen molar-refractivity contribution in [2.75, 3.05) is 26.2 Å². The lowest BCUT2D eigenvalue weighted by Crippen LogP contribution is -2.53. The van der Waals surface area contributed by atoms with Gasteiger partial charge in [0.1, 0.15) is 0 Å². The van der Waals surface area contributed by atoms with Crippen LogP contribution in [0.1, 0.15) is 20.3 Å². The van der Waals surface area contributed by atoms with E-state index in [0.717, 1.165) is 13.1 Å². The van der Waals surface area contributed by atoms with Crippen molar-refractivity contribution in [3.8, 4) is 0 Å². The summed E-state index contributed by atoms with van der Waals surface area (Å²) in [5.74, 6) is 1.04. The molecule has 0 spiro atoms. The lowest BCUT2D eigenvalue weighted by atomic mass is 9.87. The van der Waals surface area contributed by atoms with E-state index in [9.17, 15) is 8.42 Å². The van der Waals surface area contributed by atoms with Gasteiger partial charge in [-0.1, -0.05) is 0 Å². The zero-order valence-electron chi connectivity index (χ0n) is 9.44. The molecule has 2 aliphatic heterocycles. The minimum atomic E-state index is -3.04. The second-order valence-corrected chi connectivity index (χ2v) is 7.53. The van der Waals surface area contributed by atoms with Crippen molar-refractivity contribution >= 4 is 10.0 Å². The Morgan fingerprint density at radius 2 is 1.73 bits per heavy atom. The molecule has 0 aromatic rings. The van der Waals surface area contributed by atoms with Gasteiger partial charge >= 0.3 is 0 Å². The Morgan fingerprint density at radius 1 is 1.20 bits per heavy atom. The first kappa shape index (κ1) is 11.4. The standard InChI is InChI=1S/C10H20N2O2S/c1-8(2)15(13,14)12-6-9-3-10(7-12)5-11-4-9/h8-11H,3-7H2,1-2H3. The number of hydrogen-bond donors (Lipinski definition) is 1. The fraction of sp³-hybridized carbons (Fsp3) is 1.00. The van der Waals surface area contributed by atoms with Crippen molar-refractivity contribution in [3.05, 3.63) is 0 Å². The Kier molecular flexibility index (Phi) is 3.05. The van der Waals surface area contributed by atoms with Crippen LogP contribution in [0, 0.1) is 11.8 Å². The minimum Gasteiger partial charge on any atom is -0.316 e. The number of nitrogens with one attached hydrogen (secondary N) is 1. The van der Waals surface area contributed by atoms with Gasteiger partial charge in [-0.25, -0.2) is 12.7 Å². The second kappa shape index (κ2) is 4.03. The van der Waals surface area contributed by atoms with E-state index in [4.69, 9.17) is 0 Å². The van der Waals surface area contributed by atoms with E-state index in [1.807, 2.05) is 0 Å². The molecule has 0 aromatic heterocycles. The topological polar surface area (TPSA) is 49.4 Å². The summed E-state index contributed by atoms with van der Waals surface area (Å²) in [4.78, 5) is 0. The first-order chi connectivity index (χ1) is 7.00. The molecule has 15 heavy (non-hydrogen) atoms. The van der Waals surface area contributed by atoms with E-state index < -0.39 is 10.0 Å². The lowest BCUT2D eigenvalue weighted by molar-refractivity contribution is 0.158. The van der Waals surface area contributed by atoms with Crippen LogP contribution in [-0.2, 0) is 10.0 Å². The predicted octanol–water partition coefficient (Wildman–Crippen LogP) is 0.266. The van der Waals surface area contributed by atoms with Gasteiger partial charge in [0, 0.05) is 13.1 Å². The van der Waals surface area contributed by atoms with E-state index in [-0.39, 0.29) is 5.25 Å². The van der Waals surface area contributed by atoms with Crippen molar-refractivity contribution in [1.29, 1.82) is 0 Å². The SMILES string of the molecule is CC(C)S(=O)(=O)N1CC2CNCC(C2)C1. The third-order valence-electron chi connectivity index (χ3n) is 3.41. The summed E-state index contributed by atoms with van der Waals surface area (Å²) in [5.41, 5.74) is 0. The zero-order valence-corrected chi connectivity index (χ0v) is 10.3. The van der Waals surface area contributed by atoms with Crippen molar-refractivity contribution in [3.63, 3.8) is 0 Å². The zero-order chi connectivity index (χ0) is 11.1. The number of hydrogen-bond acceptors (Lipinski definition) is 3. The Labute approximate surface area is 92.1 Å². The van der Waals surface area contributed by atoms with Crippen molar-refractivity contribution in [2.24, 2.45) is 11.8 Å². The average molecular weight is 232 g/mol. The summed E-state index contributed by atoms with van der Waals surface area (Å²) in [6.07, 6.45) is 1.19. The van der Waals surface area contributed by atoms with Crippen LogP contribution in [0.4, 0.5) is 0 Å². The summed E-state index contributed by atoms with van der Waals surface area (Å²) in [5, 5.41) is 3.08. The van der Waals surface area contributed by atoms with E-state index >= 15 is 0 Å². The summed E-state index contributed by atoms with van der Waals surface area (Å²) >= 11 is 0. The van der Waals surface area contributed by atoms with Crippen LogP contribution >= 0.6 is 0 Å². The van der Waals surface area contributed by atoms with Gasteiger partial charge in [0.2, 0.25) is 10.0 Å². The van der Waals surface area contributed by atoms with Crippen LogP contribution in [0.5, 0.6) is 0 Å². The first-order valence-corrected chi connectivity index (χ1v) is 7.20. The summed E-state index contributed by atoms with van der Waals surface area (Å²) in [6, 6.07) is 0. The summed E-state index contributed by atoms with van der Waals surface area (Å²) in [6.45, 7) is 6.89. The molecule has 2 saturated heterocycles. The Balaban J connectivity index is 2.12. The maximum absolute atomic E-state index is 12.0. The molecular formula is C10H20N2O2S. The second-order valence-electron chi connectivity index (χ2n) is 5.04. The van der Waals surface area contributed by atoms with Crippen LogP contribution < -0.4 is 5.32 Å². The molecule has 0 saturated carbocycles. The molecule has 2 heterocycles. The molecule has 2 unspecified atom stereocenters. The molecule has 0 amide bonds. The van der Waals surface area contributed by atoms with E-state index in [1.165, 1.54) is 6.42 Å². The van der Waals surface area contributed by atoms with Crippen LogP contribution in [0.15, 0.2) is 0 Å². The highest BCUT2D eigenvalue weighted by molar-refractivity contribution is 7.89. The molecule has 2 aliphatic rings. The number of piperidine rings is 2. The molecule has 1 N–H and O–H groups in total. The van der Waals surface area contributed by atoms with Crippen LogP contribution in [0.25, 0.3) is 0 Å². The average Bonchev–Trinajstić information content (AvgIpc) is 2.16. The number of sulfonamides is 1. The first-order valence-electron chi connectivity index (χ1n) is 5.70. The largest absolute Gasteiger partial charge is 0.316 e. The summed E-state index contributed by atoms with van der Waals surface area (Å²) in [7, 11) is -3.04. The van der Waals surface area contributed by atoms with Gasteiger partial charge < -0.3 is 5.32 Å². The molecule has 4 nitrogen and oxygen atoms in total. The van der Waals surface area contributed by atoms with E-state index in [0.29, 0.717) is 24.9 Å². The third kappa shape index (κ3) is 2.19. The molecule has 0 aliphatic carbocycles. The normalized spacial score (nSPS) is 33.3. The van der Waals surface area contributed by atoms with Gasteiger partial charge in [0.05, 0.1) is 5.25 Å². The molecule has 0 radical (unpaired) electrons. The molecule has 2 bridgehead atoms. The monoisotopic (exact) mass is 232 g/mol. The fourth-order valence-corrected chi connectivity index (χ4v) is 4.00. The minimum absolute atomic E-state index is 0.288. The predicted molar refractivity (Wildman–Crippen MR) is 60.1 cm³/mol. The number of nitrogens with zero attached hydrogens (tertiary/aromatic N) is 1. The Hall–Kier alpha value is -0.130. The maximum atomic E-state index is 12.0. The molecule has 2 atom stereocenters. The highest BCUT2D eigenvalue weighted by Crippen LogP contribution is 2.27. The highest BCUT2D eigenvalue weighted by atomic mass is 32.2. The number of rotatable bonds is 2. The molecule has 5 heteroatoms. The molecule has 2 fully saturated rings. The Bertz CT molecular complexity index is 314. The van der Waals surface area contributed by atoms with Crippen LogP contribution in [0.2, 0.25) is 0 Å². The quantitative estimate of drug-likeness (QED) is 0.743. The Morgan fingerprint density at radius 3 is 2.20 bits per heavy atom. The van der Waals surface area contributed by atoms with E-state index in [1.54, 1.807) is 18.2 Å². The van der Waals surface area contributed by atoms with Gasteiger partial charge in [0.25, 0.3) is 0 Å². The van der Waals surface area contributed by atoms with Gasteiger partial charge in [0.15, 0.2) is 0 Å². The smallest absolute Gasteiger partial charge is 0.216 e. The molecule has 2 rings (SSSR count). The summed E-state index contributed by atoms with van der Waals surface area (Å²) < 4.78 is 25.7. The van der Waals surface area contributed by atoms with Gasteiger partial charge in [-0.3, -0.25) is 0 Å². The molecule has 88 valence electrons. The highest BCUT2D eigenvalue weighted by Gasteiger charge is 2.36. The molecule has 0 aromatic carbocycles. The maximum Gasteiger partial charge on any atom is 0.216 e. The van der Waals surface area contributed by atoms with Gasteiger partial charge in [-0.05, 0) is 45.2 Å². The van der Waals surface area contributed by atoms with E-state index in [2.05, 4.69) is 5.32 Å². The van der Waals surface area contributed by atoms with Crippen LogP contribution in [0.3, 0.4) is 0 Å².